The lowest BCUT2D eigenvalue weighted by atomic mass is 10.0. The van der Waals surface area contributed by atoms with E-state index in [-0.39, 0.29) is 30.8 Å². The molecule has 0 spiro atoms. The van der Waals surface area contributed by atoms with Crippen molar-refractivity contribution in [2.24, 2.45) is 0 Å². The Morgan fingerprint density at radius 3 is 2.68 bits per heavy atom. The van der Waals surface area contributed by atoms with Gasteiger partial charge >= 0.3 is 0 Å². The Balaban J connectivity index is 1.47. The minimum atomic E-state index is -0.221. The number of hydrogen-bond acceptors (Lipinski definition) is 3. The Morgan fingerprint density at radius 2 is 1.88 bits per heavy atom. The summed E-state index contributed by atoms with van der Waals surface area (Å²) in [5.41, 5.74) is 1.51. The summed E-state index contributed by atoms with van der Waals surface area (Å²) in [6, 6.07) is 14.3. The van der Waals surface area contributed by atoms with E-state index in [0.717, 1.165) is 17.7 Å². The lowest BCUT2D eigenvalue weighted by molar-refractivity contribution is -0.121. The van der Waals surface area contributed by atoms with Gasteiger partial charge in [-0.1, -0.05) is 29.8 Å². The monoisotopic (exact) mass is 358 g/mol. The van der Waals surface area contributed by atoms with Crippen LogP contribution in [0.1, 0.15) is 34.8 Å². The number of amides is 2. The Kier molecular flexibility index (Phi) is 5.56. The normalized spacial score (nSPS) is 15.6. The first-order valence-electron chi connectivity index (χ1n) is 8.18. The molecule has 130 valence electrons. The van der Waals surface area contributed by atoms with Gasteiger partial charge in [-0.25, -0.2) is 0 Å². The Morgan fingerprint density at radius 1 is 1.12 bits per heavy atom. The van der Waals surface area contributed by atoms with E-state index in [4.69, 9.17) is 16.3 Å². The summed E-state index contributed by atoms with van der Waals surface area (Å²) >= 11 is 5.80. The summed E-state index contributed by atoms with van der Waals surface area (Å²) in [6.07, 6.45) is 0.957. The molecule has 3 rings (SSSR count). The molecule has 6 heteroatoms. The Hall–Kier alpha value is -2.53. The molecule has 1 aliphatic rings. The number of ether oxygens (including phenoxy) is 1. The third-order valence-electron chi connectivity index (χ3n) is 4.04. The SMILES string of the molecule is O=C(CCNC(=O)c1ccc(Cl)cc1)N[C@H]1CCOc2ccccc21. The molecule has 0 aliphatic carbocycles. The van der Waals surface area contributed by atoms with E-state index in [1.165, 1.54) is 0 Å². The van der Waals surface area contributed by atoms with Gasteiger partial charge in [0.05, 0.1) is 12.6 Å². The van der Waals surface area contributed by atoms with Crippen LogP contribution in [0.25, 0.3) is 0 Å². The summed E-state index contributed by atoms with van der Waals surface area (Å²) in [6.45, 7) is 0.855. The first-order chi connectivity index (χ1) is 12.1. The fraction of sp³-hybridized carbons (Fsp3) is 0.263. The van der Waals surface area contributed by atoms with Crippen LogP contribution in [-0.4, -0.2) is 25.0 Å². The van der Waals surface area contributed by atoms with E-state index in [0.29, 0.717) is 17.2 Å². The number of fused-ring (bicyclic) bond motifs is 1. The Labute approximate surface area is 151 Å². The molecular formula is C19H19ClN2O3. The third kappa shape index (κ3) is 4.51. The molecule has 0 bridgehead atoms. The fourth-order valence-electron chi connectivity index (χ4n) is 2.75. The first-order valence-corrected chi connectivity index (χ1v) is 8.56. The summed E-state index contributed by atoms with van der Waals surface area (Å²) in [4.78, 5) is 24.2. The van der Waals surface area contributed by atoms with Gasteiger partial charge < -0.3 is 15.4 Å². The van der Waals surface area contributed by atoms with Crippen LogP contribution in [0.5, 0.6) is 5.75 Å². The highest BCUT2D eigenvalue weighted by atomic mass is 35.5. The van der Waals surface area contributed by atoms with Gasteiger partial charge in [-0.3, -0.25) is 9.59 Å². The van der Waals surface area contributed by atoms with Crippen molar-refractivity contribution < 1.29 is 14.3 Å². The number of para-hydroxylation sites is 1. The van der Waals surface area contributed by atoms with Crippen molar-refractivity contribution in [3.8, 4) is 5.75 Å². The molecule has 2 aromatic carbocycles. The molecule has 0 saturated heterocycles. The highest BCUT2D eigenvalue weighted by Gasteiger charge is 2.22. The number of nitrogens with one attached hydrogen (secondary N) is 2. The number of hydrogen-bond donors (Lipinski definition) is 2. The van der Waals surface area contributed by atoms with Crippen molar-refractivity contribution in [2.45, 2.75) is 18.9 Å². The van der Waals surface area contributed by atoms with Gasteiger partial charge in [0.2, 0.25) is 5.91 Å². The topological polar surface area (TPSA) is 67.4 Å². The second kappa shape index (κ2) is 8.03. The lowest BCUT2D eigenvalue weighted by Gasteiger charge is -2.26. The molecule has 0 aromatic heterocycles. The molecule has 25 heavy (non-hydrogen) atoms. The van der Waals surface area contributed by atoms with Gasteiger partial charge in [0.15, 0.2) is 0 Å². The van der Waals surface area contributed by atoms with Crippen LogP contribution in [0.15, 0.2) is 48.5 Å². The van der Waals surface area contributed by atoms with Gasteiger partial charge in [-0.05, 0) is 30.3 Å². The van der Waals surface area contributed by atoms with E-state index >= 15 is 0 Å². The lowest BCUT2D eigenvalue weighted by Crippen LogP contribution is -2.34. The van der Waals surface area contributed by atoms with Gasteiger partial charge in [0.25, 0.3) is 5.91 Å². The standard InChI is InChI=1S/C19H19ClN2O3/c20-14-7-5-13(6-8-14)19(24)21-11-9-18(23)22-16-10-12-25-17-4-2-1-3-15(16)17/h1-8,16H,9-12H2,(H,21,24)(H,22,23)/t16-/m0/s1. The van der Waals surface area contributed by atoms with Crippen molar-refractivity contribution in [3.63, 3.8) is 0 Å². The smallest absolute Gasteiger partial charge is 0.251 e. The molecule has 0 saturated carbocycles. The molecule has 1 heterocycles. The van der Waals surface area contributed by atoms with E-state index in [1.54, 1.807) is 24.3 Å². The zero-order chi connectivity index (χ0) is 17.6. The number of carbonyl (C=O) groups is 2. The number of rotatable bonds is 5. The summed E-state index contributed by atoms with van der Waals surface area (Å²) in [5.74, 6) is 0.495. The fourth-order valence-corrected chi connectivity index (χ4v) is 2.88. The predicted molar refractivity (Wildman–Crippen MR) is 95.8 cm³/mol. The molecular weight excluding hydrogens is 340 g/mol. The molecule has 2 aromatic rings. The van der Waals surface area contributed by atoms with Crippen molar-refractivity contribution in [1.82, 2.24) is 10.6 Å². The number of benzene rings is 2. The molecule has 1 atom stereocenters. The van der Waals surface area contributed by atoms with Crippen LogP contribution >= 0.6 is 11.6 Å². The maximum Gasteiger partial charge on any atom is 0.251 e. The van der Waals surface area contributed by atoms with Crippen LogP contribution in [0.3, 0.4) is 0 Å². The third-order valence-corrected chi connectivity index (χ3v) is 4.29. The summed E-state index contributed by atoms with van der Waals surface area (Å²) < 4.78 is 5.59. The zero-order valence-corrected chi connectivity index (χ0v) is 14.4. The zero-order valence-electron chi connectivity index (χ0n) is 13.6. The molecule has 5 nitrogen and oxygen atoms in total. The Bertz CT molecular complexity index is 762. The highest BCUT2D eigenvalue weighted by molar-refractivity contribution is 6.30. The van der Waals surface area contributed by atoms with Crippen LogP contribution in [0.4, 0.5) is 0 Å². The largest absolute Gasteiger partial charge is 0.493 e. The van der Waals surface area contributed by atoms with Gasteiger partial charge in [0.1, 0.15) is 5.75 Å². The number of carbonyl (C=O) groups excluding carboxylic acids is 2. The second-order valence-electron chi connectivity index (χ2n) is 5.81. The minimum absolute atomic E-state index is 0.0515. The number of halogens is 1. The van der Waals surface area contributed by atoms with Crippen LogP contribution in [-0.2, 0) is 4.79 Å². The van der Waals surface area contributed by atoms with Crippen LogP contribution in [0, 0.1) is 0 Å². The second-order valence-corrected chi connectivity index (χ2v) is 6.24. The van der Waals surface area contributed by atoms with Gasteiger partial charge in [-0.15, -0.1) is 0 Å². The van der Waals surface area contributed by atoms with Crippen molar-refractivity contribution in [1.29, 1.82) is 0 Å². The maximum atomic E-state index is 12.2. The first kappa shape index (κ1) is 17.3. The van der Waals surface area contributed by atoms with Gasteiger partial charge in [0, 0.05) is 35.5 Å². The molecule has 0 radical (unpaired) electrons. The molecule has 0 fully saturated rings. The minimum Gasteiger partial charge on any atom is -0.493 e. The van der Waals surface area contributed by atoms with Gasteiger partial charge in [-0.2, -0.15) is 0 Å². The van der Waals surface area contributed by atoms with Crippen molar-refractivity contribution >= 4 is 23.4 Å². The average molecular weight is 359 g/mol. The van der Waals surface area contributed by atoms with E-state index < -0.39 is 0 Å². The quantitative estimate of drug-likeness (QED) is 0.863. The van der Waals surface area contributed by atoms with E-state index in [2.05, 4.69) is 10.6 Å². The van der Waals surface area contributed by atoms with Crippen molar-refractivity contribution in [2.75, 3.05) is 13.2 Å². The summed E-state index contributed by atoms with van der Waals surface area (Å²) in [7, 11) is 0. The van der Waals surface area contributed by atoms with E-state index in [1.807, 2.05) is 24.3 Å². The van der Waals surface area contributed by atoms with Crippen LogP contribution in [0.2, 0.25) is 5.02 Å². The molecule has 1 aliphatic heterocycles. The van der Waals surface area contributed by atoms with E-state index in [9.17, 15) is 9.59 Å². The predicted octanol–water partition coefficient (Wildman–Crippen LogP) is 3.10. The molecule has 2 N–H and O–H groups in total. The average Bonchev–Trinajstić information content (AvgIpc) is 2.62. The summed E-state index contributed by atoms with van der Waals surface area (Å²) in [5, 5.41) is 6.32. The van der Waals surface area contributed by atoms with Crippen molar-refractivity contribution in [3.05, 3.63) is 64.7 Å². The molecule has 0 unspecified atom stereocenters. The molecule has 2 amide bonds. The maximum absolute atomic E-state index is 12.2. The van der Waals surface area contributed by atoms with Crippen LogP contribution < -0.4 is 15.4 Å². The highest BCUT2D eigenvalue weighted by Crippen LogP contribution is 2.31.